The van der Waals surface area contributed by atoms with E-state index in [9.17, 15) is 4.79 Å². The summed E-state index contributed by atoms with van der Waals surface area (Å²) in [6, 6.07) is 21.6. The zero-order valence-electron chi connectivity index (χ0n) is 17.9. The monoisotopic (exact) mass is 422 g/mol. The van der Waals surface area contributed by atoms with Gasteiger partial charge in [0.05, 0.1) is 17.8 Å². The van der Waals surface area contributed by atoms with Crippen molar-refractivity contribution in [1.29, 1.82) is 0 Å². The minimum absolute atomic E-state index is 0.213. The summed E-state index contributed by atoms with van der Waals surface area (Å²) < 4.78 is 3.61. The SMILES string of the molecule is Cc1ccc(-c2nn(-c3ccccc3)cc2C(=O)NCc2nnc3ccccn23)c(C)c1. The number of aryl methyl sites for hydroxylation is 2. The number of benzene rings is 2. The highest BCUT2D eigenvalue weighted by molar-refractivity contribution is 6.00. The molecule has 0 saturated heterocycles. The van der Waals surface area contributed by atoms with Gasteiger partial charge in [-0.3, -0.25) is 9.20 Å². The van der Waals surface area contributed by atoms with Crippen LogP contribution in [0, 0.1) is 13.8 Å². The molecule has 0 atom stereocenters. The average molecular weight is 422 g/mol. The highest BCUT2D eigenvalue weighted by atomic mass is 16.1. The van der Waals surface area contributed by atoms with Crippen molar-refractivity contribution >= 4 is 11.6 Å². The van der Waals surface area contributed by atoms with Gasteiger partial charge in [0.15, 0.2) is 11.5 Å². The van der Waals surface area contributed by atoms with Gasteiger partial charge < -0.3 is 5.32 Å². The van der Waals surface area contributed by atoms with E-state index >= 15 is 0 Å². The van der Waals surface area contributed by atoms with Crippen LogP contribution < -0.4 is 5.32 Å². The number of para-hydroxylation sites is 1. The fourth-order valence-corrected chi connectivity index (χ4v) is 3.80. The second-order valence-electron chi connectivity index (χ2n) is 7.72. The van der Waals surface area contributed by atoms with Crippen molar-refractivity contribution < 1.29 is 4.79 Å². The predicted octanol–water partition coefficient (Wildman–Crippen LogP) is 4.13. The maximum absolute atomic E-state index is 13.3. The third kappa shape index (κ3) is 3.65. The van der Waals surface area contributed by atoms with Crippen molar-refractivity contribution in [2.45, 2.75) is 20.4 Å². The van der Waals surface area contributed by atoms with Crippen LogP contribution in [0.3, 0.4) is 0 Å². The van der Waals surface area contributed by atoms with E-state index in [-0.39, 0.29) is 12.5 Å². The zero-order valence-corrected chi connectivity index (χ0v) is 17.9. The van der Waals surface area contributed by atoms with Gasteiger partial charge in [0.1, 0.15) is 5.69 Å². The molecule has 0 saturated carbocycles. The molecular formula is C25H22N6O. The number of carbonyl (C=O) groups is 1. The van der Waals surface area contributed by atoms with Gasteiger partial charge in [-0.15, -0.1) is 10.2 Å². The van der Waals surface area contributed by atoms with E-state index in [0.717, 1.165) is 22.5 Å². The second kappa shape index (κ2) is 8.11. The van der Waals surface area contributed by atoms with Crippen LogP contribution in [0.1, 0.15) is 27.3 Å². The Bertz CT molecular complexity index is 1420. The van der Waals surface area contributed by atoms with Gasteiger partial charge in [-0.05, 0) is 43.7 Å². The zero-order chi connectivity index (χ0) is 22.1. The fraction of sp³-hybridized carbons (Fsp3) is 0.120. The fourth-order valence-electron chi connectivity index (χ4n) is 3.80. The normalized spacial score (nSPS) is 11.1. The van der Waals surface area contributed by atoms with Crippen molar-refractivity contribution in [2.75, 3.05) is 0 Å². The quantitative estimate of drug-likeness (QED) is 0.462. The summed E-state index contributed by atoms with van der Waals surface area (Å²) in [4.78, 5) is 13.3. The maximum Gasteiger partial charge on any atom is 0.255 e. The predicted molar refractivity (Wildman–Crippen MR) is 123 cm³/mol. The number of hydrogen-bond donors (Lipinski definition) is 1. The van der Waals surface area contributed by atoms with Gasteiger partial charge in [0, 0.05) is 18.0 Å². The summed E-state index contributed by atoms with van der Waals surface area (Å²) in [6.07, 6.45) is 3.66. The van der Waals surface area contributed by atoms with Crippen LogP contribution in [-0.2, 0) is 6.54 Å². The number of hydrogen-bond acceptors (Lipinski definition) is 4. The summed E-state index contributed by atoms with van der Waals surface area (Å²) in [7, 11) is 0. The van der Waals surface area contributed by atoms with Crippen LogP contribution in [-0.4, -0.2) is 30.3 Å². The molecule has 0 radical (unpaired) electrons. The van der Waals surface area contributed by atoms with Crippen molar-refractivity contribution in [3.8, 4) is 16.9 Å². The van der Waals surface area contributed by atoms with Gasteiger partial charge in [0.2, 0.25) is 0 Å². The lowest BCUT2D eigenvalue weighted by molar-refractivity contribution is 0.0950. The molecule has 5 rings (SSSR count). The molecule has 2 aromatic carbocycles. The van der Waals surface area contributed by atoms with E-state index in [4.69, 9.17) is 5.10 Å². The molecule has 3 heterocycles. The molecule has 7 nitrogen and oxygen atoms in total. The van der Waals surface area contributed by atoms with Gasteiger partial charge in [-0.2, -0.15) is 5.10 Å². The molecule has 0 bridgehead atoms. The van der Waals surface area contributed by atoms with E-state index in [1.165, 1.54) is 5.56 Å². The van der Waals surface area contributed by atoms with Crippen LogP contribution in [0.15, 0.2) is 79.1 Å². The molecule has 0 aliphatic carbocycles. The Morgan fingerprint density at radius 1 is 0.969 bits per heavy atom. The van der Waals surface area contributed by atoms with E-state index in [1.807, 2.05) is 78.2 Å². The topological polar surface area (TPSA) is 77.1 Å². The lowest BCUT2D eigenvalue weighted by Crippen LogP contribution is -2.24. The van der Waals surface area contributed by atoms with E-state index < -0.39 is 0 Å². The van der Waals surface area contributed by atoms with Crippen molar-refractivity contribution in [3.63, 3.8) is 0 Å². The van der Waals surface area contributed by atoms with Gasteiger partial charge in [-0.25, -0.2) is 4.68 Å². The smallest absolute Gasteiger partial charge is 0.255 e. The van der Waals surface area contributed by atoms with Crippen LogP contribution in [0.4, 0.5) is 0 Å². The number of fused-ring (bicyclic) bond motifs is 1. The summed E-state index contributed by atoms with van der Waals surface area (Å²) in [5, 5.41) is 16.1. The molecule has 5 aromatic rings. The highest BCUT2D eigenvalue weighted by Crippen LogP contribution is 2.27. The Morgan fingerprint density at radius 3 is 2.59 bits per heavy atom. The number of nitrogens with zero attached hydrogens (tertiary/aromatic N) is 5. The Kier molecular flexibility index (Phi) is 4.99. The summed E-state index contributed by atoms with van der Waals surface area (Å²) in [5.74, 6) is 0.451. The molecule has 7 heteroatoms. The lowest BCUT2D eigenvalue weighted by atomic mass is 10.0. The molecule has 0 unspecified atom stereocenters. The molecule has 0 spiro atoms. The molecule has 1 amide bonds. The number of carbonyl (C=O) groups excluding carboxylic acids is 1. The number of pyridine rings is 1. The second-order valence-corrected chi connectivity index (χ2v) is 7.72. The summed E-state index contributed by atoms with van der Waals surface area (Å²) in [6.45, 7) is 4.34. The molecular weight excluding hydrogens is 400 g/mol. The molecule has 158 valence electrons. The minimum atomic E-state index is -0.213. The number of nitrogens with one attached hydrogen (secondary N) is 1. The van der Waals surface area contributed by atoms with E-state index in [1.54, 1.807) is 10.9 Å². The molecule has 0 fully saturated rings. The van der Waals surface area contributed by atoms with Crippen LogP contribution in [0.5, 0.6) is 0 Å². The maximum atomic E-state index is 13.3. The van der Waals surface area contributed by atoms with E-state index in [0.29, 0.717) is 17.1 Å². The standard InChI is InChI=1S/C25H22N6O/c1-17-11-12-20(18(2)14-17)24-21(16-31(29-24)19-8-4-3-5-9-19)25(32)26-15-23-28-27-22-10-6-7-13-30(22)23/h3-14,16H,15H2,1-2H3,(H,26,32). The Morgan fingerprint density at radius 2 is 1.78 bits per heavy atom. The van der Waals surface area contributed by atoms with Gasteiger partial charge in [-0.1, -0.05) is 48.0 Å². The first-order chi connectivity index (χ1) is 15.6. The first kappa shape index (κ1) is 19.7. The third-order valence-electron chi connectivity index (χ3n) is 5.41. The van der Waals surface area contributed by atoms with Crippen molar-refractivity contribution in [2.24, 2.45) is 0 Å². The molecule has 0 aliphatic heterocycles. The van der Waals surface area contributed by atoms with Gasteiger partial charge in [0.25, 0.3) is 5.91 Å². The molecule has 32 heavy (non-hydrogen) atoms. The number of aromatic nitrogens is 5. The van der Waals surface area contributed by atoms with Crippen LogP contribution in [0.2, 0.25) is 0 Å². The largest absolute Gasteiger partial charge is 0.345 e. The number of amides is 1. The summed E-state index contributed by atoms with van der Waals surface area (Å²) in [5.41, 5.74) is 5.96. The summed E-state index contributed by atoms with van der Waals surface area (Å²) >= 11 is 0. The van der Waals surface area contributed by atoms with Crippen LogP contribution in [0.25, 0.3) is 22.6 Å². The third-order valence-corrected chi connectivity index (χ3v) is 5.41. The van der Waals surface area contributed by atoms with Gasteiger partial charge >= 0.3 is 0 Å². The Hall–Kier alpha value is -4.26. The van der Waals surface area contributed by atoms with E-state index in [2.05, 4.69) is 28.5 Å². The first-order valence-electron chi connectivity index (χ1n) is 10.4. The highest BCUT2D eigenvalue weighted by Gasteiger charge is 2.20. The Labute approximate surface area is 185 Å². The molecule has 1 N–H and O–H groups in total. The van der Waals surface area contributed by atoms with Crippen LogP contribution >= 0.6 is 0 Å². The minimum Gasteiger partial charge on any atom is -0.345 e. The van der Waals surface area contributed by atoms with Crippen molar-refractivity contribution in [1.82, 2.24) is 29.7 Å². The molecule has 3 aromatic heterocycles. The van der Waals surface area contributed by atoms with Crippen molar-refractivity contribution in [3.05, 3.63) is 102 Å². The first-order valence-corrected chi connectivity index (χ1v) is 10.4. The number of rotatable bonds is 5. The lowest BCUT2D eigenvalue weighted by Gasteiger charge is -2.08. The molecule has 0 aliphatic rings. The average Bonchev–Trinajstić information content (AvgIpc) is 3.43. The Balaban J connectivity index is 1.51.